The molecule has 1 unspecified atom stereocenters. The second-order valence-electron chi connectivity index (χ2n) is 7.52. The van der Waals surface area contributed by atoms with Gasteiger partial charge < -0.3 is 15.3 Å². The Balaban J connectivity index is 1.40. The third kappa shape index (κ3) is 4.19. The fourth-order valence-electron chi connectivity index (χ4n) is 4.18. The Kier molecular flexibility index (Phi) is 4.85. The Labute approximate surface area is 128 Å². The first-order chi connectivity index (χ1) is 10.2. The van der Waals surface area contributed by atoms with Crippen LogP contribution in [0.2, 0.25) is 0 Å². The standard InChI is InChI=1S/C17H30N2O2/c20-16(21)15(18-14-4-5-14)6-11-19-12-9-17(10-13-19)7-2-1-3-8-17/h14-15,18H,1-13H2,(H,20,21). The molecule has 0 aromatic carbocycles. The van der Waals surface area contributed by atoms with Gasteiger partial charge in [0, 0.05) is 12.6 Å². The van der Waals surface area contributed by atoms with Gasteiger partial charge in [-0.3, -0.25) is 4.79 Å². The van der Waals surface area contributed by atoms with Gasteiger partial charge in [0.05, 0.1) is 0 Å². The van der Waals surface area contributed by atoms with Gasteiger partial charge in [0.1, 0.15) is 6.04 Å². The van der Waals surface area contributed by atoms with E-state index in [1.54, 1.807) is 0 Å². The summed E-state index contributed by atoms with van der Waals surface area (Å²) in [6, 6.07) is 0.126. The Bertz CT molecular complexity index is 352. The zero-order valence-corrected chi connectivity index (χ0v) is 13.1. The largest absolute Gasteiger partial charge is 0.480 e. The van der Waals surface area contributed by atoms with E-state index >= 15 is 0 Å². The molecule has 0 amide bonds. The SMILES string of the molecule is O=C(O)C(CCN1CCC2(CCCCC2)CC1)NC1CC1. The molecule has 21 heavy (non-hydrogen) atoms. The van der Waals surface area contributed by atoms with Crippen LogP contribution in [-0.4, -0.2) is 47.7 Å². The van der Waals surface area contributed by atoms with Crippen molar-refractivity contribution in [2.45, 2.75) is 76.3 Å². The van der Waals surface area contributed by atoms with Gasteiger partial charge in [0.25, 0.3) is 0 Å². The first-order valence-corrected chi connectivity index (χ1v) is 8.88. The number of nitrogens with zero attached hydrogens (tertiary/aromatic N) is 1. The number of nitrogens with one attached hydrogen (secondary N) is 1. The number of piperidine rings is 1. The van der Waals surface area contributed by atoms with Crippen LogP contribution in [0.4, 0.5) is 0 Å². The fraction of sp³-hybridized carbons (Fsp3) is 0.941. The van der Waals surface area contributed by atoms with Crippen molar-refractivity contribution in [2.75, 3.05) is 19.6 Å². The molecule has 2 aliphatic carbocycles. The summed E-state index contributed by atoms with van der Waals surface area (Å²) in [6.07, 6.45) is 12.9. The Hall–Kier alpha value is -0.610. The van der Waals surface area contributed by atoms with Crippen LogP contribution in [0.15, 0.2) is 0 Å². The molecule has 4 nitrogen and oxygen atoms in total. The number of likely N-dealkylation sites (tertiary alicyclic amines) is 1. The maximum atomic E-state index is 11.3. The lowest BCUT2D eigenvalue weighted by molar-refractivity contribution is -0.139. The quantitative estimate of drug-likeness (QED) is 0.791. The molecule has 0 bridgehead atoms. The van der Waals surface area contributed by atoms with Crippen LogP contribution in [0.25, 0.3) is 0 Å². The highest BCUT2D eigenvalue weighted by molar-refractivity contribution is 5.73. The van der Waals surface area contributed by atoms with Crippen LogP contribution < -0.4 is 5.32 Å². The zero-order valence-electron chi connectivity index (χ0n) is 13.1. The topological polar surface area (TPSA) is 52.6 Å². The average molecular weight is 294 g/mol. The highest BCUT2D eigenvalue weighted by atomic mass is 16.4. The van der Waals surface area contributed by atoms with E-state index in [0.717, 1.165) is 25.8 Å². The summed E-state index contributed by atoms with van der Waals surface area (Å²) in [5.41, 5.74) is 0.646. The van der Waals surface area contributed by atoms with Crippen molar-refractivity contribution in [3.05, 3.63) is 0 Å². The molecule has 1 heterocycles. The summed E-state index contributed by atoms with van der Waals surface area (Å²) < 4.78 is 0. The molecule has 3 aliphatic rings. The average Bonchev–Trinajstić information content (AvgIpc) is 3.30. The molecule has 1 saturated heterocycles. The van der Waals surface area contributed by atoms with Gasteiger partial charge in [-0.05, 0) is 63.5 Å². The molecule has 0 radical (unpaired) electrons. The Morgan fingerprint density at radius 1 is 1.14 bits per heavy atom. The number of carboxylic acid groups (broad SMARTS) is 1. The van der Waals surface area contributed by atoms with Gasteiger partial charge in [0.2, 0.25) is 0 Å². The molecular formula is C17H30N2O2. The van der Waals surface area contributed by atoms with Crippen LogP contribution in [-0.2, 0) is 4.79 Å². The lowest BCUT2D eigenvalue weighted by Crippen LogP contribution is -2.45. The summed E-state index contributed by atoms with van der Waals surface area (Å²) in [7, 11) is 0. The predicted molar refractivity (Wildman–Crippen MR) is 83.4 cm³/mol. The van der Waals surface area contributed by atoms with Crippen LogP contribution in [0.1, 0.15) is 64.2 Å². The van der Waals surface area contributed by atoms with Crippen molar-refractivity contribution in [1.82, 2.24) is 10.2 Å². The molecule has 1 spiro atoms. The third-order valence-corrected chi connectivity index (χ3v) is 5.88. The van der Waals surface area contributed by atoms with Crippen molar-refractivity contribution in [1.29, 1.82) is 0 Å². The van der Waals surface area contributed by atoms with E-state index in [1.807, 2.05) is 0 Å². The molecule has 2 saturated carbocycles. The van der Waals surface area contributed by atoms with Crippen molar-refractivity contribution in [3.63, 3.8) is 0 Å². The van der Waals surface area contributed by atoms with Crippen LogP contribution in [0, 0.1) is 5.41 Å². The molecule has 0 aromatic heterocycles. The van der Waals surface area contributed by atoms with E-state index in [4.69, 9.17) is 0 Å². The van der Waals surface area contributed by atoms with Gasteiger partial charge in [-0.15, -0.1) is 0 Å². The fourth-order valence-corrected chi connectivity index (χ4v) is 4.18. The Morgan fingerprint density at radius 2 is 1.81 bits per heavy atom. The molecule has 3 fully saturated rings. The molecule has 1 atom stereocenters. The van der Waals surface area contributed by atoms with Crippen molar-refractivity contribution >= 4 is 5.97 Å². The van der Waals surface area contributed by atoms with Crippen LogP contribution in [0.3, 0.4) is 0 Å². The van der Waals surface area contributed by atoms with E-state index < -0.39 is 5.97 Å². The monoisotopic (exact) mass is 294 g/mol. The lowest BCUT2D eigenvalue weighted by Gasteiger charge is -2.44. The van der Waals surface area contributed by atoms with E-state index in [2.05, 4.69) is 10.2 Å². The summed E-state index contributed by atoms with van der Waals surface area (Å²) in [6.45, 7) is 3.29. The number of carboxylic acids is 1. The maximum Gasteiger partial charge on any atom is 0.320 e. The minimum atomic E-state index is -0.678. The number of carbonyl (C=O) groups is 1. The first-order valence-electron chi connectivity index (χ1n) is 8.88. The van der Waals surface area contributed by atoms with Crippen molar-refractivity contribution < 1.29 is 9.90 Å². The molecule has 1 aliphatic heterocycles. The van der Waals surface area contributed by atoms with E-state index in [-0.39, 0.29) is 6.04 Å². The van der Waals surface area contributed by atoms with Gasteiger partial charge in [-0.2, -0.15) is 0 Å². The summed E-state index contributed by atoms with van der Waals surface area (Å²) in [5.74, 6) is -0.678. The minimum absolute atomic E-state index is 0.344. The Morgan fingerprint density at radius 3 is 2.38 bits per heavy atom. The highest BCUT2D eigenvalue weighted by Gasteiger charge is 2.35. The number of rotatable bonds is 6. The second kappa shape index (κ2) is 6.66. The summed E-state index contributed by atoms with van der Waals surface area (Å²) >= 11 is 0. The second-order valence-corrected chi connectivity index (χ2v) is 7.52. The molecule has 4 heteroatoms. The minimum Gasteiger partial charge on any atom is -0.480 e. The predicted octanol–water partition coefficient (Wildman–Crippen LogP) is 2.63. The van der Waals surface area contributed by atoms with E-state index in [9.17, 15) is 9.90 Å². The van der Waals surface area contributed by atoms with Gasteiger partial charge in [0.15, 0.2) is 0 Å². The zero-order chi connectivity index (χ0) is 14.7. The number of hydrogen-bond donors (Lipinski definition) is 2. The van der Waals surface area contributed by atoms with Gasteiger partial charge in [-0.25, -0.2) is 0 Å². The lowest BCUT2D eigenvalue weighted by atomic mass is 9.68. The van der Waals surface area contributed by atoms with Crippen LogP contribution in [0.5, 0.6) is 0 Å². The number of aliphatic carboxylic acids is 1. The normalized spacial score (nSPS) is 27.6. The number of hydrogen-bond acceptors (Lipinski definition) is 3. The van der Waals surface area contributed by atoms with Gasteiger partial charge >= 0.3 is 5.97 Å². The van der Waals surface area contributed by atoms with Crippen molar-refractivity contribution in [2.24, 2.45) is 5.41 Å². The van der Waals surface area contributed by atoms with Gasteiger partial charge in [-0.1, -0.05) is 19.3 Å². The highest BCUT2D eigenvalue weighted by Crippen LogP contribution is 2.44. The molecular weight excluding hydrogens is 264 g/mol. The smallest absolute Gasteiger partial charge is 0.320 e. The molecule has 2 N–H and O–H groups in total. The maximum absolute atomic E-state index is 11.3. The summed E-state index contributed by atoms with van der Waals surface area (Å²) in [4.78, 5) is 13.8. The molecule has 3 rings (SSSR count). The van der Waals surface area contributed by atoms with E-state index in [0.29, 0.717) is 11.5 Å². The summed E-state index contributed by atoms with van der Waals surface area (Å²) in [5, 5.41) is 12.6. The van der Waals surface area contributed by atoms with Crippen LogP contribution >= 0.6 is 0 Å². The van der Waals surface area contributed by atoms with E-state index in [1.165, 1.54) is 58.0 Å². The van der Waals surface area contributed by atoms with Crippen molar-refractivity contribution in [3.8, 4) is 0 Å². The molecule has 0 aromatic rings. The first kappa shape index (κ1) is 15.3. The third-order valence-electron chi connectivity index (χ3n) is 5.88. The molecule has 120 valence electrons.